The van der Waals surface area contributed by atoms with Gasteiger partial charge in [-0.3, -0.25) is 4.98 Å². The van der Waals surface area contributed by atoms with Crippen LogP contribution in [0.25, 0.3) is 0 Å². The van der Waals surface area contributed by atoms with E-state index in [4.69, 9.17) is 0 Å². The predicted octanol–water partition coefficient (Wildman–Crippen LogP) is -0.675. The Morgan fingerprint density at radius 3 is 2.80 bits per heavy atom. The molecule has 0 aliphatic rings. The van der Waals surface area contributed by atoms with E-state index >= 15 is 0 Å². The van der Waals surface area contributed by atoms with E-state index in [2.05, 4.69) is 31.8 Å². The molecule has 0 bridgehead atoms. The summed E-state index contributed by atoms with van der Waals surface area (Å²) in [6.07, 6.45) is 3.04. The van der Waals surface area contributed by atoms with E-state index in [0.717, 1.165) is 13.6 Å². The van der Waals surface area contributed by atoms with Gasteiger partial charge in [0.2, 0.25) is 0 Å². The van der Waals surface area contributed by atoms with Crippen LogP contribution in [0.5, 0.6) is 0 Å². The summed E-state index contributed by atoms with van der Waals surface area (Å²) in [7, 11) is 3.17. The van der Waals surface area contributed by atoms with Gasteiger partial charge in [0.15, 0.2) is 7.28 Å². The quantitative estimate of drug-likeness (QED) is 0.484. The average Bonchev–Trinajstić information content (AvgIpc) is 2.05. The van der Waals surface area contributed by atoms with Crippen molar-refractivity contribution >= 4 is 20.7 Å². The first-order chi connectivity index (χ1) is 4.86. The lowest BCUT2D eigenvalue weighted by Crippen LogP contribution is -2.14. The van der Waals surface area contributed by atoms with Gasteiger partial charge in [-0.25, -0.2) is 0 Å². The highest BCUT2D eigenvalue weighted by Gasteiger charge is 1.90. The van der Waals surface area contributed by atoms with Crippen molar-refractivity contribution in [3.63, 3.8) is 0 Å². The highest BCUT2D eigenvalue weighted by Crippen LogP contribution is 1.91. The number of nitrogens with zero attached hydrogens (tertiary/aromatic N) is 1. The third kappa shape index (κ3) is 1.63. The van der Waals surface area contributed by atoms with Crippen LogP contribution in [0.15, 0.2) is 18.3 Å². The molecule has 1 aromatic heterocycles. The molecule has 0 amide bonds. The molecule has 0 atom stereocenters. The molecule has 0 saturated carbocycles. The summed E-state index contributed by atoms with van der Waals surface area (Å²) in [6, 6.07) is 4.24. The SMILES string of the molecule is BCc1ccc(BC)nc1. The van der Waals surface area contributed by atoms with Crippen LogP contribution in [0.3, 0.4) is 0 Å². The smallest absolute Gasteiger partial charge is 0.179 e. The van der Waals surface area contributed by atoms with Gasteiger partial charge in [-0.2, -0.15) is 0 Å². The Morgan fingerprint density at radius 1 is 1.60 bits per heavy atom. The van der Waals surface area contributed by atoms with Gasteiger partial charge >= 0.3 is 0 Å². The largest absolute Gasteiger partial charge is 0.271 e. The highest BCUT2D eigenvalue weighted by atomic mass is 14.6. The lowest BCUT2D eigenvalue weighted by atomic mass is 9.77. The van der Waals surface area contributed by atoms with Crippen molar-refractivity contribution in [2.24, 2.45) is 0 Å². The van der Waals surface area contributed by atoms with Gasteiger partial charge in [-0.1, -0.05) is 25.3 Å². The lowest BCUT2D eigenvalue weighted by Gasteiger charge is -1.96. The first kappa shape index (κ1) is 7.39. The zero-order chi connectivity index (χ0) is 7.40. The predicted molar refractivity (Wildman–Crippen MR) is 49.1 cm³/mol. The minimum absolute atomic E-state index is 1.03. The first-order valence-electron chi connectivity index (χ1n) is 3.80. The van der Waals surface area contributed by atoms with Gasteiger partial charge in [0.05, 0.1) is 0 Å². The van der Waals surface area contributed by atoms with Gasteiger partial charge in [0.1, 0.15) is 7.85 Å². The minimum atomic E-state index is 1.03. The van der Waals surface area contributed by atoms with Crippen LogP contribution in [0.2, 0.25) is 6.82 Å². The molecule has 0 spiro atoms. The third-order valence-electron chi connectivity index (χ3n) is 1.66. The topological polar surface area (TPSA) is 12.9 Å². The molecule has 0 aliphatic carbocycles. The van der Waals surface area contributed by atoms with Crippen molar-refractivity contribution in [3.8, 4) is 0 Å². The molecule has 50 valence electrons. The molecule has 0 radical (unpaired) electrons. The van der Waals surface area contributed by atoms with E-state index in [-0.39, 0.29) is 0 Å². The zero-order valence-electron chi connectivity index (χ0n) is 6.59. The Balaban J connectivity index is 2.80. The van der Waals surface area contributed by atoms with Crippen LogP contribution in [0.4, 0.5) is 0 Å². The zero-order valence-corrected chi connectivity index (χ0v) is 6.59. The van der Waals surface area contributed by atoms with Crippen LogP contribution < -0.4 is 5.59 Å². The molecule has 0 aromatic carbocycles. The Bertz CT molecular complexity index is 172. The molecule has 1 nitrogen and oxygen atoms in total. The van der Waals surface area contributed by atoms with Crippen molar-refractivity contribution < 1.29 is 0 Å². The molecule has 1 aromatic rings. The van der Waals surface area contributed by atoms with Crippen LogP contribution in [0.1, 0.15) is 5.56 Å². The molecule has 0 saturated heterocycles. The molecule has 0 N–H and O–H groups in total. The average molecular weight is 131 g/mol. The van der Waals surface area contributed by atoms with E-state index < -0.39 is 0 Å². The molecule has 0 fully saturated rings. The Kier molecular flexibility index (Phi) is 2.55. The maximum Gasteiger partial charge on any atom is 0.179 e. The van der Waals surface area contributed by atoms with E-state index in [9.17, 15) is 0 Å². The molecule has 10 heavy (non-hydrogen) atoms. The highest BCUT2D eigenvalue weighted by molar-refractivity contribution is 6.50. The van der Waals surface area contributed by atoms with Gasteiger partial charge in [0.25, 0.3) is 0 Å². The van der Waals surface area contributed by atoms with Gasteiger partial charge < -0.3 is 0 Å². The molecular weight excluding hydrogens is 120 g/mol. The van der Waals surface area contributed by atoms with Crippen molar-refractivity contribution in [2.45, 2.75) is 13.1 Å². The van der Waals surface area contributed by atoms with E-state index in [0.29, 0.717) is 0 Å². The van der Waals surface area contributed by atoms with E-state index in [1.807, 2.05) is 6.20 Å². The maximum absolute atomic E-state index is 4.27. The standard InChI is InChI=1S/C7H11B2N/c1-9-7-3-2-6(4-8)5-10-7/h2-3,5,9H,4,8H2,1H3. The fourth-order valence-electron chi connectivity index (χ4n) is 0.873. The van der Waals surface area contributed by atoms with Crippen LogP contribution in [-0.4, -0.2) is 20.1 Å². The van der Waals surface area contributed by atoms with Gasteiger partial charge in [0, 0.05) is 6.20 Å². The van der Waals surface area contributed by atoms with Crippen LogP contribution >= 0.6 is 0 Å². The number of aromatic nitrogens is 1. The first-order valence-corrected chi connectivity index (χ1v) is 3.80. The molecule has 1 rings (SSSR count). The summed E-state index contributed by atoms with van der Waals surface area (Å²) < 4.78 is 0. The summed E-state index contributed by atoms with van der Waals surface area (Å²) in [6.45, 7) is 2.12. The summed E-state index contributed by atoms with van der Waals surface area (Å²) in [4.78, 5) is 4.27. The van der Waals surface area contributed by atoms with Crippen LogP contribution in [0, 0.1) is 0 Å². The third-order valence-corrected chi connectivity index (χ3v) is 1.66. The summed E-state index contributed by atoms with van der Waals surface area (Å²) in [5.41, 5.74) is 2.49. The Labute approximate surface area is 63.5 Å². The fourth-order valence-corrected chi connectivity index (χ4v) is 0.873. The molecule has 0 unspecified atom stereocenters. The molecular formula is C7H11B2N. The number of hydrogen-bond acceptors (Lipinski definition) is 1. The molecule has 3 heteroatoms. The second-order valence-corrected chi connectivity index (χ2v) is 2.36. The number of hydrogen-bond donors (Lipinski definition) is 0. The van der Waals surface area contributed by atoms with Gasteiger partial charge in [-0.15, -0.1) is 0 Å². The second kappa shape index (κ2) is 3.45. The fraction of sp³-hybridized carbons (Fsp3) is 0.286. The Hall–Kier alpha value is -0.720. The monoisotopic (exact) mass is 131 g/mol. The number of rotatable bonds is 2. The summed E-state index contributed by atoms with van der Waals surface area (Å²) >= 11 is 0. The molecule has 0 aliphatic heterocycles. The van der Waals surface area contributed by atoms with E-state index in [1.54, 1.807) is 0 Å². The second-order valence-electron chi connectivity index (χ2n) is 2.36. The molecule has 1 heterocycles. The van der Waals surface area contributed by atoms with Gasteiger partial charge in [-0.05, 0) is 11.2 Å². The summed E-state index contributed by atoms with van der Waals surface area (Å²) in [5.74, 6) is 0. The van der Waals surface area contributed by atoms with Crippen LogP contribution in [-0.2, 0) is 6.32 Å². The Morgan fingerprint density at radius 2 is 2.40 bits per heavy atom. The number of pyridine rings is 1. The van der Waals surface area contributed by atoms with Crippen molar-refractivity contribution in [3.05, 3.63) is 23.9 Å². The summed E-state index contributed by atoms with van der Waals surface area (Å²) in [5, 5.41) is 0. The lowest BCUT2D eigenvalue weighted by molar-refractivity contribution is 1.28. The van der Waals surface area contributed by atoms with E-state index in [1.165, 1.54) is 11.2 Å². The normalized spacial score (nSPS) is 9.30. The minimum Gasteiger partial charge on any atom is -0.271 e. The maximum atomic E-state index is 4.27. The van der Waals surface area contributed by atoms with Crippen molar-refractivity contribution in [2.75, 3.05) is 0 Å². The van der Waals surface area contributed by atoms with Crippen molar-refractivity contribution in [1.29, 1.82) is 0 Å². The van der Waals surface area contributed by atoms with Crippen molar-refractivity contribution in [1.82, 2.24) is 4.98 Å².